The molecule has 1 atom stereocenters. The maximum absolute atomic E-state index is 10.8. The summed E-state index contributed by atoms with van der Waals surface area (Å²) in [5.41, 5.74) is 1.11. The van der Waals surface area contributed by atoms with Gasteiger partial charge in [-0.05, 0) is 24.3 Å². The normalized spacial score (nSPS) is 33.8. The van der Waals surface area contributed by atoms with Crippen LogP contribution in [0, 0.1) is 5.92 Å². The number of fused-ring (bicyclic) bond motifs is 2. The van der Waals surface area contributed by atoms with E-state index < -0.39 is 0 Å². The fourth-order valence-corrected chi connectivity index (χ4v) is 1.56. The van der Waals surface area contributed by atoms with Crippen LogP contribution in [0.15, 0.2) is 11.6 Å². The number of ketones is 1. The Balaban J connectivity index is 2.40. The average Bonchev–Trinajstić information content (AvgIpc) is 2.23. The predicted molar refractivity (Wildman–Crippen MR) is 30.4 cm³/mol. The molecule has 2 aliphatic rings. The number of Topliss-reactive ketones (excluding diaryl/α,β-unsaturated/α-hetero) is 1. The molecule has 0 aliphatic heterocycles. The molecule has 2 rings (SSSR count). The van der Waals surface area contributed by atoms with Crippen molar-refractivity contribution in [3.63, 3.8) is 0 Å². The molecular weight excluding hydrogens is 100 g/mol. The molecule has 1 fully saturated rings. The van der Waals surface area contributed by atoms with E-state index in [1.54, 1.807) is 0 Å². The van der Waals surface area contributed by atoms with E-state index in [0.29, 0.717) is 11.7 Å². The Morgan fingerprint density at radius 1 is 1.50 bits per heavy atom. The molecule has 0 aromatic carbocycles. The van der Waals surface area contributed by atoms with Gasteiger partial charge in [0, 0.05) is 6.42 Å². The Morgan fingerprint density at radius 2 is 2.38 bits per heavy atom. The van der Waals surface area contributed by atoms with Crippen LogP contribution in [0.5, 0.6) is 0 Å². The second kappa shape index (κ2) is 1.22. The largest absolute Gasteiger partial charge is 0.295 e. The first-order chi connectivity index (χ1) is 3.86. The Bertz CT molecular complexity index is 165. The molecule has 0 radical (unpaired) electrons. The van der Waals surface area contributed by atoms with Crippen molar-refractivity contribution in [1.29, 1.82) is 0 Å². The lowest BCUT2D eigenvalue weighted by Crippen LogP contribution is -1.97. The van der Waals surface area contributed by atoms with E-state index in [-0.39, 0.29) is 0 Å². The maximum Gasteiger partial charge on any atom is 0.158 e. The molecule has 1 saturated carbocycles. The molecule has 1 nitrogen and oxygen atoms in total. The van der Waals surface area contributed by atoms with Crippen molar-refractivity contribution in [2.45, 2.75) is 19.3 Å². The fraction of sp³-hybridized carbons (Fsp3) is 0.571. The molecule has 0 aromatic rings. The molecule has 0 saturated heterocycles. The summed E-state index contributed by atoms with van der Waals surface area (Å²) < 4.78 is 0. The molecule has 2 bridgehead atoms. The smallest absolute Gasteiger partial charge is 0.158 e. The topological polar surface area (TPSA) is 17.1 Å². The molecule has 8 heavy (non-hydrogen) atoms. The van der Waals surface area contributed by atoms with Crippen molar-refractivity contribution in [3.8, 4) is 0 Å². The number of allylic oxidation sites excluding steroid dienone is 2. The lowest BCUT2D eigenvalue weighted by Gasteiger charge is -1.98. The summed E-state index contributed by atoms with van der Waals surface area (Å²) in [6.45, 7) is 0. The van der Waals surface area contributed by atoms with Gasteiger partial charge in [0.05, 0.1) is 0 Å². The van der Waals surface area contributed by atoms with Gasteiger partial charge in [-0.1, -0.05) is 6.08 Å². The van der Waals surface area contributed by atoms with E-state index >= 15 is 0 Å². The Kier molecular flexibility index (Phi) is 0.655. The highest BCUT2D eigenvalue weighted by Gasteiger charge is 2.30. The molecule has 1 heteroatoms. The second-order valence-electron chi connectivity index (χ2n) is 2.66. The van der Waals surface area contributed by atoms with E-state index in [1.165, 1.54) is 6.42 Å². The third-order valence-corrected chi connectivity index (χ3v) is 2.04. The van der Waals surface area contributed by atoms with Crippen LogP contribution in [-0.4, -0.2) is 5.78 Å². The fourth-order valence-electron chi connectivity index (χ4n) is 1.56. The minimum atomic E-state index is 0.404. The van der Waals surface area contributed by atoms with Crippen molar-refractivity contribution in [1.82, 2.24) is 0 Å². The van der Waals surface area contributed by atoms with Gasteiger partial charge in [0.25, 0.3) is 0 Å². The minimum absolute atomic E-state index is 0.404. The van der Waals surface area contributed by atoms with Crippen LogP contribution in [0.2, 0.25) is 0 Å². The van der Waals surface area contributed by atoms with Crippen LogP contribution >= 0.6 is 0 Å². The summed E-state index contributed by atoms with van der Waals surface area (Å²) in [7, 11) is 0. The highest BCUT2D eigenvalue weighted by Crippen LogP contribution is 2.36. The van der Waals surface area contributed by atoms with Crippen LogP contribution in [0.4, 0.5) is 0 Å². The number of hydrogen-bond donors (Lipinski definition) is 0. The van der Waals surface area contributed by atoms with Gasteiger partial charge in [-0.2, -0.15) is 0 Å². The molecule has 0 spiro atoms. The first-order valence-corrected chi connectivity index (χ1v) is 3.08. The van der Waals surface area contributed by atoms with E-state index in [2.05, 4.69) is 6.08 Å². The van der Waals surface area contributed by atoms with Crippen molar-refractivity contribution in [3.05, 3.63) is 11.6 Å². The van der Waals surface area contributed by atoms with Crippen LogP contribution < -0.4 is 0 Å². The van der Waals surface area contributed by atoms with Gasteiger partial charge in [0.15, 0.2) is 5.78 Å². The zero-order chi connectivity index (χ0) is 5.56. The van der Waals surface area contributed by atoms with Gasteiger partial charge < -0.3 is 0 Å². The zero-order valence-electron chi connectivity index (χ0n) is 4.68. The third kappa shape index (κ3) is 0.391. The van der Waals surface area contributed by atoms with E-state index in [1.807, 2.05) is 0 Å². The average molecular weight is 108 g/mol. The van der Waals surface area contributed by atoms with Crippen molar-refractivity contribution in [2.75, 3.05) is 0 Å². The summed E-state index contributed by atoms with van der Waals surface area (Å²) >= 11 is 0. The predicted octanol–water partition coefficient (Wildman–Crippen LogP) is 1.30. The first-order valence-electron chi connectivity index (χ1n) is 3.08. The lowest BCUT2D eigenvalue weighted by molar-refractivity contribution is -0.115. The van der Waals surface area contributed by atoms with E-state index in [9.17, 15) is 4.79 Å². The van der Waals surface area contributed by atoms with Gasteiger partial charge in [-0.3, -0.25) is 4.79 Å². The van der Waals surface area contributed by atoms with Gasteiger partial charge in [-0.15, -0.1) is 0 Å². The summed E-state index contributed by atoms with van der Waals surface area (Å²) in [6.07, 6.45) is 5.18. The van der Waals surface area contributed by atoms with Crippen LogP contribution in [0.25, 0.3) is 0 Å². The molecule has 0 unspecified atom stereocenters. The Hall–Kier alpha value is -0.590. The molecule has 0 amide bonds. The Morgan fingerprint density at radius 3 is 2.62 bits per heavy atom. The molecule has 0 heterocycles. The SMILES string of the molecule is O=C1C[C@@H]2CC=C1C2. The van der Waals surface area contributed by atoms with Crippen LogP contribution in [0.1, 0.15) is 19.3 Å². The minimum Gasteiger partial charge on any atom is -0.295 e. The standard InChI is InChI=1S/C7H8O/c8-7-4-5-1-2-6(7)3-5/h2,5H,1,3-4H2/t5-/m1/s1. The summed E-state index contributed by atoms with van der Waals surface area (Å²) in [5, 5.41) is 0. The molecule has 0 N–H and O–H groups in total. The first kappa shape index (κ1) is 4.30. The monoisotopic (exact) mass is 108 g/mol. The molecular formula is C7H8O. The lowest BCUT2D eigenvalue weighted by atomic mass is 10.1. The second-order valence-corrected chi connectivity index (χ2v) is 2.66. The number of hydrogen-bond acceptors (Lipinski definition) is 1. The van der Waals surface area contributed by atoms with Crippen LogP contribution in [-0.2, 0) is 4.79 Å². The third-order valence-electron chi connectivity index (χ3n) is 2.04. The molecule has 0 aromatic heterocycles. The van der Waals surface area contributed by atoms with Gasteiger partial charge in [-0.25, -0.2) is 0 Å². The van der Waals surface area contributed by atoms with Crippen molar-refractivity contribution < 1.29 is 4.79 Å². The number of rotatable bonds is 0. The van der Waals surface area contributed by atoms with Crippen LogP contribution in [0.3, 0.4) is 0 Å². The van der Waals surface area contributed by atoms with E-state index in [4.69, 9.17) is 0 Å². The van der Waals surface area contributed by atoms with Crippen molar-refractivity contribution in [2.24, 2.45) is 5.92 Å². The van der Waals surface area contributed by atoms with Crippen molar-refractivity contribution >= 4 is 5.78 Å². The van der Waals surface area contributed by atoms with Gasteiger partial charge in [0.2, 0.25) is 0 Å². The van der Waals surface area contributed by atoms with Gasteiger partial charge >= 0.3 is 0 Å². The Labute approximate surface area is 48.4 Å². The number of carbonyl (C=O) groups is 1. The molecule has 42 valence electrons. The maximum atomic E-state index is 10.8. The summed E-state index contributed by atoms with van der Waals surface area (Å²) in [4.78, 5) is 10.8. The summed E-state index contributed by atoms with van der Waals surface area (Å²) in [6, 6.07) is 0. The van der Waals surface area contributed by atoms with Gasteiger partial charge in [0.1, 0.15) is 0 Å². The highest BCUT2D eigenvalue weighted by atomic mass is 16.1. The van der Waals surface area contributed by atoms with E-state index in [0.717, 1.165) is 18.4 Å². The zero-order valence-corrected chi connectivity index (χ0v) is 4.68. The summed E-state index contributed by atoms with van der Waals surface area (Å²) in [5.74, 6) is 1.11. The quantitative estimate of drug-likeness (QED) is 0.457. The highest BCUT2D eigenvalue weighted by molar-refractivity contribution is 5.98. The number of carbonyl (C=O) groups excluding carboxylic acids is 1. The molecule has 2 aliphatic carbocycles.